The molecule has 0 aliphatic carbocycles. The number of rotatable bonds is 1. The number of furan rings is 1. The molecule has 0 aliphatic rings. The fourth-order valence-corrected chi connectivity index (χ4v) is 0.752. The van der Waals surface area contributed by atoms with Crippen molar-refractivity contribution in [2.24, 2.45) is 0 Å². The van der Waals surface area contributed by atoms with E-state index >= 15 is 0 Å². The maximum Gasteiger partial charge on any atom is 0.209 e. The third-order valence-electron chi connectivity index (χ3n) is 0.980. The van der Waals surface area contributed by atoms with Crippen LogP contribution in [0.2, 0.25) is 0 Å². The molecule has 11 heavy (non-hydrogen) atoms. The van der Waals surface area contributed by atoms with Gasteiger partial charge in [0.2, 0.25) is 3.79 Å². The molecule has 0 unspecified atom stereocenters. The van der Waals surface area contributed by atoms with Crippen LogP contribution in [0.15, 0.2) is 28.9 Å². The highest BCUT2D eigenvalue weighted by atomic mass is 35.6. The largest absolute Gasteiger partial charge is 0.465 e. The zero-order valence-electron chi connectivity index (χ0n) is 5.43. The van der Waals surface area contributed by atoms with Crippen molar-refractivity contribution in [3.05, 3.63) is 30.2 Å². The molecule has 1 rings (SSSR count). The molecule has 0 spiro atoms. The summed E-state index contributed by atoms with van der Waals surface area (Å²) in [6.45, 7) is 0. The van der Waals surface area contributed by atoms with Crippen LogP contribution < -0.4 is 0 Å². The molecule has 0 saturated carbocycles. The first-order valence-electron chi connectivity index (χ1n) is 2.87. The molecule has 1 aromatic rings. The average Bonchev–Trinajstić information content (AvgIpc) is 2.32. The quantitative estimate of drug-likeness (QED) is 0.646. The van der Waals surface area contributed by atoms with Gasteiger partial charge in [-0.1, -0.05) is 34.8 Å². The third-order valence-corrected chi connectivity index (χ3v) is 1.36. The van der Waals surface area contributed by atoms with Crippen LogP contribution in [0.1, 0.15) is 5.76 Å². The standard InChI is InChI=1S/C7H5Cl3O/c8-7(9,10)4-3-6-2-1-5-11-6/h1-5H. The van der Waals surface area contributed by atoms with E-state index in [4.69, 9.17) is 39.2 Å². The fraction of sp³-hybridized carbons (Fsp3) is 0.143. The number of allylic oxidation sites excluding steroid dienone is 1. The molecule has 0 atom stereocenters. The molecule has 4 heteroatoms. The van der Waals surface area contributed by atoms with E-state index in [0.717, 1.165) is 0 Å². The zero-order chi connectivity index (χ0) is 8.32. The molecule has 60 valence electrons. The summed E-state index contributed by atoms with van der Waals surface area (Å²) in [5, 5.41) is 0. The van der Waals surface area contributed by atoms with Crippen molar-refractivity contribution in [2.75, 3.05) is 0 Å². The summed E-state index contributed by atoms with van der Waals surface area (Å²) in [5.74, 6) is 0.663. The van der Waals surface area contributed by atoms with Gasteiger partial charge < -0.3 is 4.42 Å². The van der Waals surface area contributed by atoms with Gasteiger partial charge in [0, 0.05) is 0 Å². The van der Waals surface area contributed by atoms with E-state index in [1.807, 2.05) is 0 Å². The molecule has 0 amide bonds. The highest BCUT2D eigenvalue weighted by molar-refractivity contribution is 6.69. The Labute approximate surface area is 79.5 Å². The topological polar surface area (TPSA) is 13.1 Å². The first-order chi connectivity index (χ1) is 5.08. The summed E-state index contributed by atoms with van der Waals surface area (Å²) >= 11 is 16.4. The van der Waals surface area contributed by atoms with Crippen LogP contribution in [0.5, 0.6) is 0 Å². The summed E-state index contributed by atoms with van der Waals surface area (Å²) in [5.41, 5.74) is 0. The van der Waals surface area contributed by atoms with Gasteiger partial charge in [0.05, 0.1) is 6.26 Å². The maximum absolute atomic E-state index is 5.45. The lowest BCUT2D eigenvalue weighted by molar-refractivity contribution is 0.557. The van der Waals surface area contributed by atoms with Crippen molar-refractivity contribution < 1.29 is 4.42 Å². The van der Waals surface area contributed by atoms with Gasteiger partial charge in [0.25, 0.3) is 0 Å². The summed E-state index contributed by atoms with van der Waals surface area (Å²) in [4.78, 5) is 0. The molecule has 0 aromatic carbocycles. The van der Waals surface area contributed by atoms with Crippen LogP contribution in [-0.2, 0) is 0 Å². The molecule has 0 N–H and O–H groups in total. The molecule has 1 aromatic heterocycles. The second kappa shape index (κ2) is 3.53. The highest BCUT2D eigenvalue weighted by Gasteiger charge is 2.13. The summed E-state index contributed by atoms with van der Waals surface area (Å²) < 4.78 is 3.61. The van der Waals surface area contributed by atoms with Gasteiger partial charge >= 0.3 is 0 Å². The number of alkyl halides is 3. The predicted molar refractivity (Wildman–Crippen MR) is 48.0 cm³/mol. The van der Waals surface area contributed by atoms with E-state index in [1.165, 1.54) is 6.08 Å². The van der Waals surface area contributed by atoms with Crippen LogP contribution in [0.4, 0.5) is 0 Å². The summed E-state index contributed by atoms with van der Waals surface area (Å²) in [6.07, 6.45) is 4.58. The van der Waals surface area contributed by atoms with E-state index in [9.17, 15) is 0 Å². The van der Waals surface area contributed by atoms with Gasteiger partial charge in [0.15, 0.2) is 0 Å². The van der Waals surface area contributed by atoms with E-state index in [0.29, 0.717) is 5.76 Å². The normalized spacial score (nSPS) is 12.6. The minimum Gasteiger partial charge on any atom is -0.465 e. The van der Waals surface area contributed by atoms with Gasteiger partial charge in [-0.25, -0.2) is 0 Å². The average molecular weight is 211 g/mol. The van der Waals surface area contributed by atoms with Gasteiger partial charge in [0.1, 0.15) is 5.76 Å². The molecule has 1 heterocycles. The lowest BCUT2D eigenvalue weighted by Crippen LogP contribution is -1.93. The van der Waals surface area contributed by atoms with Gasteiger partial charge in [-0.3, -0.25) is 0 Å². The minimum atomic E-state index is -1.35. The van der Waals surface area contributed by atoms with Crippen LogP contribution in [-0.4, -0.2) is 3.79 Å². The Kier molecular flexibility index (Phi) is 2.88. The van der Waals surface area contributed by atoms with Gasteiger partial charge in [-0.2, -0.15) is 0 Å². The van der Waals surface area contributed by atoms with Crippen molar-refractivity contribution in [3.8, 4) is 0 Å². The lowest BCUT2D eigenvalue weighted by atomic mass is 10.4. The molecule has 0 aliphatic heterocycles. The minimum absolute atomic E-state index is 0.663. The van der Waals surface area contributed by atoms with Crippen LogP contribution in [0.25, 0.3) is 6.08 Å². The SMILES string of the molecule is ClC(Cl)(Cl)C=Cc1ccco1. The molecule has 1 nitrogen and oxygen atoms in total. The Morgan fingerprint density at radius 2 is 2.09 bits per heavy atom. The highest BCUT2D eigenvalue weighted by Crippen LogP contribution is 2.28. The molecule has 0 bridgehead atoms. The third kappa shape index (κ3) is 3.71. The monoisotopic (exact) mass is 210 g/mol. The lowest BCUT2D eigenvalue weighted by Gasteiger charge is -2.00. The van der Waals surface area contributed by atoms with Crippen molar-refractivity contribution >= 4 is 40.9 Å². The Bertz CT molecular complexity index is 233. The number of hydrogen-bond acceptors (Lipinski definition) is 1. The second-order valence-electron chi connectivity index (χ2n) is 1.89. The second-order valence-corrected chi connectivity index (χ2v) is 4.26. The molecule has 0 saturated heterocycles. The first kappa shape index (κ1) is 8.98. The molecule has 0 radical (unpaired) electrons. The number of halogens is 3. The van der Waals surface area contributed by atoms with Crippen LogP contribution in [0, 0.1) is 0 Å². The van der Waals surface area contributed by atoms with E-state index in [-0.39, 0.29) is 0 Å². The van der Waals surface area contributed by atoms with E-state index < -0.39 is 3.79 Å². The fourth-order valence-electron chi connectivity index (χ4n) is 0.563. The van der Waals surface area contributed by atoms with Crippen molar-refractivity contribution in [1.29, 1.82) is 0 Å². The molecular formula is C7H5Cl3O. The zero-order valence-corrected chi connectivity index (χ0v) is 7.70. The Morgan fingerprint density at radius 3 is 2.55 bits per heavy atom. The first-order valence-corrected chi connectivity index (χ1v) is 4.01. The smallest absolute Gasteiger partial charge is 0.209 e. The van der Waals surface area contributed by atoms with Crippen molar-refractivity contribution in [3.63, 3.8) is 0 Å². The number of hydrogen-bond donors (Lipinski definition) is 0. The maximum atomic E-state index is 5.45. The summed E-state index contributed by atoms with van der Waals surface area (Å²) in [7, 11) is 0. The van der Waals surface area contributed by atoms with Gasteiger partial charge in [-0.15, -0.1) is 0 Å². The van der Waals surface area contributed by atoms with E-state index in [1.54, 1.807) is 24.5 Å². The van der Waals surface area contributed by atoms with Crippen LogP contribution in [0.3, 0.4) is 0 Å². The van der Waals surface area contributed by atoms with Gasteiger partial charge in [-0.05, 0) is 24.3 Å². The summed E-state index contributed by atoms with van der Waals surface area (Å²) in [6, 6.07) is 3.53. The van der Waals surface area contributed by atoms with E-state index in [2.05, 4.69) is 0 Å². The predicted octanol–water partition coefficient (Wildman–Crippen LogP) is 3.66. The molecule has 0 fully saturated rings. The Hall–Kier alpha value is -0.110. The van der Waals surface area contributed by atoms with Crippen LogP contribution >= 0.6 is 34.8 Å². The van der Waals surface area contributed by atoms with Crippen molar-refractivity contribution in [1.82, 2.24) is 0 Å². The van der Waals surface area contributed by atoms with Crippen molar-refractivity contribution in [2.45, 2.75) is 3.79 Å². The Morgan fingerprint density at radius 1 is 1.36 bits per heavy atom. The Balaban J connectivity index is 2.63. The molecular weight excluding hydrogens is 206 g/mol.